The van der Waals surface area contributed by atoms with Crippen LogP contribution in [0.25, 0.3) is 10.2 Å². The number of para-hydroxylation sites is 1. The Morgan fingerprint density at radius 3 is 3.00 bits per heavy atom. The quantitative estimate of drug-likeness (QED) is 0.432. The van der Waals surface area contributed by atoms with Crippen molar-refractivity contribution in [3.05, 3.63) is 40.5 Å². The van der Waals surface area contributed by atoms with E-state index >= 15 is 0 Å². The van der Waals surface area contributed by atoms with Crippen molar-refractivity contribution >= 4 is 50.7 Å². The van der Waals surface area contributed by atoms with Crippen LogP contribution in [0.3, 0.4) is 0 Å². The Balaban J connectivity index is 1.54. The Morgan fingerprint density at radius 2 is 2.23 bits per heavy atom. The summed E-state index contributed by atoms with van der Waals surface area (Å²) in [5, 5.41) is 10.3. The summed E-state index contributed by atoms with van der Waals surface area (Å²) >= 11 is 2.83. The highest BCUT2D eigenvalue weighted by Crippen LogP contribution is 2.40. The molecule has 2 aromatic heterocycles. The number of amides is 1. The maximum Gasteiger partial charge on any atom is 0.237 e. The van der Waals surface area contributed by atoms with Gasteiger partial charge >= 0.3 is 0 Å². The molecule has 0 bridgehead atoms. The van der Waals surface area contributed by atoms with Gasteiger partial charge in [-0.1, -0.05) is 30.8 Å². The third-order valence-corrected chi connectivity index (χ3v) is 7.36. The molecule has 0 fully saturated rings. The Hall–Kier alpha value is -2.70. The second kappa shape index (κ2) is 9.20. The lowest BCUT2D eigenvalue weighted by Gasteiger charge is -2.22. The van der Waals surface area contributed by atoms with Crippen LogP contribution in [0, 0.1) is 23.1 Å². The number of carbonyl (C=O) groups is 1. The summed E-state index contributed by atoms with van der Waals surface area (Å²) in [7, 11) is 0. The first-order valence-corrected chi connectivity index (χ1v) is 11.9. The largest absolute Gasteiger partial charge is 0.383 e. The van der Waals surface area contributed by atoms with Gasteiger partial charge in [0.15, 0.2) is 5.16 Å². The van der Waals surface area contributed by atoms with Crippen LogP contribution in [0.15, 0.2) is 29.4 Å². The molecule has 0 aliphatic heterocycles. The third kappa shape index (κ3) is 4.50. The smallest absolute Gasteiger partial charge is 0.237 e. The number of hydrogen-bond acceptors (Lipinski definition) is 7. The first kappa shape index (κ1) is 21.5. The minimum Gasteiger partial charge on any atom is -0.383 e. The van der Waals surface area contributed by atoms with E-state index in [9.17, 15) is 9.18 Å². The molecule has 2 heterocycles. The number of halogens is 1. The predicted octanol–water partition coefficient (Wildman–Crippen LogP) is 4.58. The molecule has 1 amide bonds. The molecule has 2 N–H and O–H groups in total. The van der Waals surface area contributed by atoms with E-state index in [4.69, 9.17) is 11.0 Å². The van der Waals surface area contributed by atoms with Gasteiger partial charge in [0.2, 0.25) is 5.91 Å². The van der Waals surface area contributed by atoms with Crippen LogP contribution in [-0.2, 0) is 17.6 Å². The topological polar surface area (TPSA) is 95.9 Å². The lowest BCUT2D eigenvalue weighted by atomic mass is 9.89. The number of aryl methyl sites for hydroxylation is 1. The zero-order chi connectivity index (χ0) is 22.0. The number of nitriles is 1. The number of nitrogen functional groups attached to an aromatic ring is 1. The molecule has 0 saturated heterocycles. The highest BCUT2D eigenvalue weighted by atomic mass is 32.2. The average molecular weight is 456 g/mol. The molecular formula is C22H22FN5OS2. The molecule has 9 heteroatoms. The van der Waals surface area contributed by atoms with Gasteiger partial charge < -0.3 is 10.6 Å². The lowest BCUT2D eigenvalue weighted by Crippen LogP contribution is -2.34. The first-order valence-electron chi connectivity index (χ1n) is 10.1. The van der Waals surface area contributed by atoms with Gasteiger partial charge in [-0.2, -0.15) is 5.26 Å². The summed E-state index contributed by atoms with van der Waals surface area (Å²) in [6.45, 7) is 2.37. The van der Waals surface area contributed by atoms with Gasteiger partial charge in [0.1, 0.15) is 16.5 Å². The Bertz CT molecular complexity index is 1170. The highest BCUT2D eigenvalue weighted by Gasteiger charge is 2.24. The summed E-state index contributed by atoms with van der Waals surface area (Å²) in [5.74, 6) is 0.305. The molecule has 1 aliphatic carbocycles. The minimum absolute atomic E-state index is 0.0207. The molecule has 0 radical (unpaired) electrons. The lowest BCUT2D eigenvalue weighted by molar-refractivity contribution is -0.116. The zero-order valence-corrected chi connectivity index (χ0v) is 18.7. The molecule has 0 saturated carbocycles. The molecule has 1 aliphatic rings. The summed E-state index contributed by atoms with van der Waals surface area (Å²) in [5.41, 5.74) is 7.70. The van der Waals surface area contributed by atoms with Crippen molar-refractivity contribution in [1.82, 2.24) is 9.97 Å². The number of thioether (sulfide) groups is 1. The van der Waals surface area contributed by atoms with Crippen molar-refractivity contribution in [3.8, 4) is 6.07 Å². The molecule has 4 rings (SSSR count). The van der Waals surface area contributed by atoms with Gasteiger partial charge in [-0.3, -0.25) is 4.79 Å². The molecule has 1 atom stereocenters. The summed E-state index contributed by atoms with van der Waals surface area (Å²) in [6, 6.07) is 8.07. The molecule has 3 aromatic rings. The molecule has 6 nitrogen and oxygen atoms in total. The fourth-order valence-electron chi connectivity index (χ4n) is 3.83. The van der Waals surface area contributed by atoms with E-state index in [-0.39, 0.29) is 30.3 Å². The van der Waals surface area contributed by atoms with Crippen LogP contribution in [0.5, 0.6) is 0 Å². The normalized spacial score (nSPS) is 15.5. The van der Waals surface area contributed by atoms with E-state index in [1.54, 1.807) is 23.5 Å². The molecule has 0 spiro atoms. The Morgan fingerprint density at radius 1 is 1.42 bits per heavy atom. The van der Waals surface area contributed by atoms with Gasteiger partial charge in [-0.15, -0.1) is 11.3 Å². The standard InChI is InChI=1S/C22H22FN5OS2/c1-13-7-8-14-17(11-13)31-21-19(14)20(25)26-22(27-21)30-12-18(29)28(10-4-9-24)16-6-3-2-5-15(16)23/h2-3,5-6,13H,4,7-8,10-12H2,1H3,(H2,25,26,27). The Kier molecular flexibility index (Phi) is 6.39. The highest BCUT2D eigenvalue weighted by molar-refractivity contribution is 7.99. The van der Waals surface area contributed by atoms with E-state index in [2.05, 4.69) is 16.9 Å². The number of hydrogen-bond donors (Lipinski definition) is 1. The van der Waals surface area contributed by atoms with Gasteiger partial charge in [0, 0.05) is 11.4 Å². The number of fused-ring (bicyclic) bond motifs is 3. The summed E-state index contributed by atoms with van der Waals surface area (Å²) in [4.78, 5) is 25.4. The zero-order valence-electron chi connectivity index (χ0n) is 17.1. The van der Waals surface area contributed by atoms with E-state index in [0.717, 1.165) is 29.5 Å². The van der Waals surface area contributed by atoms with Crippen LogP contribution in [0.1, 0.15) is 30.2 Å². The maximum absolute atomic E-state index is 14.2. The fourth-order valence-corrected chi connectivity index (χ4v) is 6.01. The van der Waals surface area contributed by atoms with Crippen molar-refractivity contribution in [3.63, 3.8) is 0 Å². The molecule has 1 unspecified atom stereocenters. The van der Waals surface area contributed by atoms with Crippen molar-refractivity contribution < 1.29 is 9.18 Å². The van der Waals surface area contributed by atoms with Crippen molar-refractivity contribution in [2.75, 3.05) is 22.9 Å². The number of anilines is 2. The Labute approximate surface area is 188 Å². The van der Waals surface area contributed by atoms with Crippen LogP contribution in [-0.4, -0.2) is 28.2 Å². The van der Waals surface area contributed by atoms with Gasteiger partial charge in [0.05, 0.1) is 29.3 Å². The van der Waals surface area contributed by atoms with Crippen LogP contribution in [0.4, 0.5) is 15.9 Å². The second-order valence-corrected chi connectivity index (χ2v) is 9.64. The number of nitrogens with two attached hydrogens (primary N) is 1. The number of nitrogens with zero attached hydrogens (tertiary/aromatic N) is 4. The third-order valence-electron chi connectivity index (χ3n) is 5.38. The maximum atomic E-state index is 14.2. The fraction of sp³-hybridized carbons (Fsp3) is 0.364. The number of rotatable bonds is 6. The van der Waals surface area contributed by atoms with E-state index in [1.165, 1.54) is 39.2 Å². The summed E-state index contributed by atoms with van der Waals surface area (Å²) in [6.07, 6.45) is 3.27. The first-order chi connectivity index (χ1) is 15.0. The molecule has 1 aromatic carbocycles. The van der Waals surface area contributed by atoms with Gasteiger partial charge in [0.25, 0.3) is 0 Å². The van der Waals surface area contributed by atoms with E-state index in [0.29, 0.717) is 16.9 Å². The number of aromatic nitrogens is 2. The van der Waals surface area contributed by atoms with Crippen LogP contribution < -0.4 is 10.6 Å². The number of carbonyl (C=O) groups excluding carboxylic acids is 1. The predicted molar refractivity (Wildman–Crippen MR) is 123 cm³/mol. The number of benzene rings is 1. The molecular weight excluding hydrogens is 433 g/mol. The van der Waals surface area contributed by atoms with Crippen molar-refractivity contribution in [2.45, 2.75) is 37.8 Å². The van der Waals surface area contributed by atoms with E-state index in [1.807, 2.05) is 6.07 Å². The second-order valence-electron chi connectivity index (χ2n) is 7.62. The average Bonchev–Trinajstić information content (AvgIpc) is 3.11. The van der Waals surface area contributed by atoms with Gasteiger partial charge in [-0.25, -0.2) is 14.4 Å². The summed E-state index contributed by atoms with van der Waals surface area (Å²) < 4.78 is 14.2. The monoisotopic (exact) mass is 455 g/mol. The van der Waals surface area contributed by atoms with E-state index < -0.39 is 5.82 Å². The minimum atomic E-state index is -0.501. The van der Waals surface area contributed by atoms with Crippen LogP contribution >= 0.6 is 23.1 Å². The van der Waals surface area contributed by atoms with Gasteiger partial charge in [-0.05, 0) is 42.9 Å². The van der Waals surface area contributed by atoms with Crippen molar-refractivity contribution in [1.29, 1.82) is 5.26 Å². The molecule has 31 heavy (non-hydrogen) atoms. The SMILES string of the molecule is CC1CCc2c(sc3nc(SCC(=O)N(CCC#N)c4ccccc4F)nc(N)c23)C1. The number of thiophene rings is 1. The van der Waals surface area contributed by atoms with Crippen LogP contribution in [0.2, 0.25) is 0 Å². The molecule has 160 valence electrons. The van der Waals surface area contributed by atoms with Crippen molar-refractivity contribution in [2.24, 2.45) is 5.92 Å².